The Hall–Kier alpha value is -0.540. The lowest BCUT2D eigenvalue weighted by Gasteiger charge is -2.16. The molecule has 90 valence electrons. The summed E-state index contributed by atoms with van der Waals surface area (Å²) in [7, 11) is 0. The molecule has 0 aliphatic rings. The summed E-state index contributed by atoms with van der Waals surface area (Å²) in [5.74, 6) is 1.10. The number of aromatic nitrogens is 1. The molecule has 0 fully saturated rings. The minimum absolute atomic E-state index is 0.403. The molecule has 1 N–H and O–H groups in total. The maximum atomic E-state index is 4.54. The van der Waals surface area contributed by atoms with E-state index in [9.17, 15) is 0 Å². The quantitative estimate of drug-likeness (QED) is 0.734. The number of nitrogens with zero attached hydrogens (tertiary/aromatic N) is 1. The maximum Gasteiger partial charge on any atom is 0.0573 e. The minimum Gasteiger partial charge on any atom is -0.309 e. The van der Waals surface area contributed by atoms with Crippen molar-refractivity contribution in [1.82, 2.24) is 10.3 Å². The van der Waals surface area contributed by atoms with E-state index in [1.807, 2.05) is 18.0 Å². The summed E-state index contributed by atoms with van der Waals surface area (Å²) in [6.45, 7) is 7.61. The van der Waals surface area contributed by atoms with E-state index in [0.717, 1.165) is 24.4 Å². The van der Waals surface area contributed by atoms with Crippen molar-refractivity contribution < 1.29 is 0 Å². The fourth-order valence-corrected chi connectivity index (χ4v) is 2.25. The standard InChI is InChI=1S/C13H22N2S/c1-4-9-14-12(5-2)13-8-7-11(10-15-13)16-6-3/h7-8,10,12,14H,4-6,9H2,1-3H3. The van der Waals surface area contributed by atoms with Crippen molar-refractivity contribution in [2.75, 3.05) is 12.3 Å². The molecule has 3 heteroatoms. The summed E-state index contributed by atoms with van der Waals surface area (Å²) in [4.78, 5) is 5.80. The first-order valence-corrected chi connectivity index (χ1v) is 7.12. The third-order valence-electron chi connectivity index (χ3n) is 2.48. The Morgan fingerprint density at radius 1 is 1.31 bits per heavy atom. The van der Waals surface area contributed by atoms with E-state index < -0.39 is 0 Å². The SMILES string of the molecule is CCCNC(CC)c1ccc(SCC)cn1. The highest BCUT2D eigenvalue weighted by Crippen LogP contribution is 2.19. The Morgan fingerprint density at radius 2 is 2.12 bits per heavy atom. The zero-order valence-electron chi connectivity index (χ0n) is 10.5. The number of nitrogens with one attached hydrogen (secondary N) is 1. The molecule has 0 bridgehead atoms. The van der Waals surface area contributed by atoms with Gasteiger partial charge in [0.2, 0.25) is 0 Å². The van der Waals surface area contributed by atoms with Gasteiger partial charge in [0.25, 0.3) is 0 Å². The molecule has 0 spiro atoms. The normalized spacial score (nSPS) is 12.7. The van der Waals surface area contributed by atoms with Gasteiger partial charge < -0.3 is 5.32 Å². The van der Waals surface area contributed by atoms with Crippen LogP contribution in [0.4, 0.5) is 0 Å². The molecule has 2 nitrogen and oxygen atoms in total. The molecule has 0 aromatic carbocycles. The van der Waals surface area contributed by atoms with Crippen LogP contribution in [0.5, 0.6) is 0 Å². The van der Waals surface area contributed by atoms with Crippen molar-refractivity contribution in [3.63, 3.8) is 0 Å². The fourth-order valence-electron chi connectivity index (χ4n) is 1.63. The molecule has 0 radical (unpaired) electrons. The van der Waals surface area contributed by atoms with Gasteiger partial charge in [-0.3, -0.25) is 4.98 Å². The second kappa shape index (κ2) is 7.69. The lowest BCUT2D eigenvalue weighted by Crippen LogP contribution is -2.22. The Labute approximate surface area is 103 Å². The lowest BCUT2D eigenvalue weighted by atomic mass is 10.1. The van der Waals surface area contributed by atoms with Gasteiger partial charge in [-0.05, 0) is 37.3 Å². The second-order valence-electron chi connectivity index (χ2n) is 3.77. The smallest absolute Gasteiger partial charge is 0.0573 e. The van der Waals surface area contributed by atoms with Gasteiger partial charge in [0, 0.05) is 17.1 Å². The van der Waals surface area contributed by atoms with Gasteiger partial charge in [-0.25, -0.2) is 0 Å². The Bertz CT molecular complexity index is 284. The van der Waals surface area contributed by atoms with Crippen LogP contribution in [-0.2, 0) is 0 Å². The van der Waals surface area contributed by atoms with E-state index >= 15 is 0 Å². The number of thioether (sulfide) groups is 1. The summed E-state index contributed by atoms with van der Waals surface area (Å²) >= 11 is 1.84. The third-order valence-corrected chi connectivity index (χ3v) is 3.34. The predicted molar refractivity (Wildman–Crippen MR) is 72.0 cm³/mol. The van der Waals surface area contributed by atoms with E-state index in [1.165, 1.54) is 11.3 Å². The molecule has 1 aromatic heterocycles. The first kappa shape index (κ1) is 13.5. The molecule has 0 saturated heterocycles. The van der Waals surface area contributed by atoms with E-state index in [2.05, 4.69) is 43.2 Å². The van der Waals surface area contributed by atoms with Crippen LogP contribution in [0.25, 0.3) is 0 Å². The molecule has 1 atom stereocenters. The van der Waals surface area contributed by atoms with Crippen LogP contribution in [0.1, 0.15) is 45.3 Å². The van der Waals surface area contributed by atoms with Gasteiger partial charge in [0.05, 0.1) is 5.69 Å². The van der Waals surface area contributed by atoms with E-state index in [-0.39, 0.29) is 0 Å². The van der Waals surface area contributed by atoms with Crippen LogP contribution in [0, 0.1) is 0 Å². The molecule has 16 heavy (non-hydrogen) atoms. The fraction of sp³-hybridized carbons (Fsp3) is 0.615. The summed E-state index contributed by atoms with van der Waals surface area (Å²) in [6.07, 6.45) is 4.24. The molecular weight excluding hydrogens is 216 g/mol. The molecule has 0 amide bonds. The van der Waals surface area contributed by atoms with Crippen molar-refractivity contribution in [2.24, 2.45) is 0 Å². The number of pyridine rings is 1. The zero-order chi connectivity index (χ0) is 11.8. The molecule has 0 saturated carbocycles. The number of rotatable bonds is 7. The molecule has 0 aliphatic carbocycles. The summed E-state index contributed by atoms with van der Waals surface area (Å²) in [5.41, 5.74) is 1.16. The maximum absolute atomic E-state index is 4.54. The lowest BCUT2D eigenvalue weighted by molar-refractivity contribution is 0.507. The van der Waals surface area contributed by atoms with Crippen molar-refractivity contribution in [3.8, 4) is 0 Å². The van der Waals surface area contributed by atoms with Crippen LogP contribution in [0.2, 0.25) is 0 Å². The molecule has 0 aliphatic heterocycles. The average Bonchev–Trinajstić information content (AvgIpc) is 2.32. The zero-order valence-corrected chi connectivity index (χ0v) is 11.3. The molecule has 1 rings (SSSR count). The van der Waals surface area contributed by atoms with E-state index in [4.69, 9.17) is 0 Å². The Morgan fingerprint density at radius 3 is 2.62 bits per heavy atom. The van der Waals surface area contributed by atoms with Gasteiger partial charge in [-0.1, -0.05) is 20.8 Å². The number of hydrogen-bond acceptors (Lipinski definition) is 3. The highest BCUT2D eigenvalue weighted by atomic mass is 32.2. The summed E-state index contributed by atoms with van der Waals surface area (Å²) in [6, 6.07) is 4.72. The van der Waals surface area contributed by atoms with Crippen molar-refractivity contribution in [3.05, 3.63) is 24.0 Å². The van der Waals surface area contributed by atoms with Crippen LogP contribution in [0.15, 0.2) is 23.2 Å². The monoisotopic (exact) mass is 238 g/mol. The summed E-state index contributed by atoms with van der Waals surface area (Å²) in [5, 5.41) is 3.52. The third kappa shape index (κ3) is 4.14. The van der Waals surface area contributed by atoms with Gasteiger partial charge in [-0.15, -0.1) is 11.8 Å². The minimum atomic E-state index is 0.403. The first-order chi connectivity index (χ1) is 7.81. The van der Waals surface area contributed by atoms with Crippen molar-refractivity contribution in [2.45, 2.75) is 44.6 Å². The average molecular weight is 238 g/mol. The molecule has 1 heterocycles. The first-order valence-electron chi connectivity index (χ1n) is 6.13. The summed E-state index contributed by atoms with van der Waals surface area (Å²) < 4.78 is 0. The molecule has 1 aromatic rings. The molecule has 1 unspecified atom stereocenters. The Balaban J connectivity index is 2.62. The van der Waals surface area contributed by atoms with Crippen molar-refractivity contribution in [1.29, 1.82) is 0 Å². The van der Waals surface area contributed by atoms with Crippen LogP contribution in [-0.4, -0.2) is 17.3 Å². The highest BCUT2D eigenvalue weighted by molar-refractivity contribution is 7.99. The van der Waals surface area contributed by atoms with Crippen LogP contribution < -0.4 is 5.32 Å². The predicted octanol–water partition coefficient (Wildman–Crippen LogP) is 3.64. The van der Waals surface area contributed by atoms with Gasteiger partial charge >= 0.3 is 0 Å². The van der Waals surface area contributed by atoms with Crippen LogP contribution >= 0.6 is 11.8 Å². The topological polar surface area (TPSA) is 24.9 Å². The highest BCUT2D eigenvalue weighted by Gasteiger charge is 2.08. The largest absolute Gasteiger partial charge is 0.309 e. The number of hydrogen-bond donors (Lipinski definition) is 1. The van der Waals surface area contributed by atoms with Crippen LogP contribution in [0.3, 0.4) is 0 Å². The van der Waals surface area contributed by atoms with E-state index in [0.29, 0.717) is 6.04 Å². The van der Waals surface area contributed by atoms with E-state index in [1.54, 1.807) is 0 Å². The van der Waals surface area contributed by atoms with Gasteiger partial charge in [0.1, 0.15) is 0 Å². The molecular formula is C13H22N2S. The van der Waals surface area contributed by atoms with Gasteiger partial charge in [-0.2, -0.15) is 0 Å². The van der Waals surface area contributed by atoms with Crippen molar-refractivity contribution >= 4 is 11.8 Å². The second-order valence-corrected chi connectivity index (χ2v) is 5.10. The Kier molecular flexibility index (Phi) is 6.50. The van der Waals surface area contributed by atoms with Gasteiger partial charge in [0.15, 0.2) is 0 Å².